The molecule has 1 unspecified atom stereocenters. The molecule has 1 saturated heterocycles. The van der Waals surface area contributed by atoms with Crippen LogP contribution in [0.4, 0.5) is 5.95 Å². The van der Waals surface area contributed by atoms with E-state index in [0.717, 1.165) is 0 Å². The van der Waals surface area contributed by atoms with E-state index in [9.17, 15) is 18.0 Å². The molecule has 114 valence electrons. The van der Waals surface area contributed by atoms with Crippen molar-refractivity contribution in [2.75, 3.05) is 17.2 Å². The zero-order chi connectivity index (χ0) is 15.8. The van der Waals surface area contributed by atoms with Gasteiger partial charge in [0.25, 0.3) is 0 Å². The summed E-state index contributed by atoms with van der Waals surface area (Å²) in [6.07, 6.45) is 0.406. The zero-order valence-electron chi connectivity index (χ0n) is 10.3. The molecular formula is C10H8Cl3N3O4S. The normalized spacial score (nSPS) is 19.1. The van der Waals surface area contributed by atoms with E-state index < -0.39 is 15.0 Å². The maximum absolute atomic E-state index is 11.9. The lowest BCUT2D eigenvalue weighted by Crippen LogP contribution is -2.27. The lowest BCUT2D eigenvalue weighted by atomic mass is 10.1. The first-order valence-electron chi connectivity index (χ1n) is 5.62. The highest BCUT2D eigenvalue weighted by molar-refractivity contribution is 8.13. The Labute approximate surface area is 134 Å². The highest BCUT2D eigenvalue weighted by Gasteiger charge is 2.35. The number of aldehydes is 1. The molecule has 0 spiro atoms. The number of nitrogens with zero attached hydrogens (tertiary/aromatic N) is 3. The number of carbonyl (C=O) groups is 2. The van der Waals surface area contributed by atoms with Crippen molar-refractivity contribution in [3.63, 3.8) is 0 Å². The van der Waals surface area contributed by atoms with E-state index in [1.54, 1.807) is 0 Å². The molecular weight excluding hydrogens is 365 g/mol. The van der Waals surface area contributed by atoms with Gasteiger partial charge in [0.15, 0.2) is 6.29 Å². The second kappa shape index (κ2) is 6.04. The Bertz CT molecular complexity index is 686. The van der Waals surface area contributed by atoms with Crippen LogP contribution in [0.5, 0.6) is 0 Å². The molecule has 0 saturated carbocycles. The molecule has 21 heavy (non-hydrogen) atoms. The Morgan fingerprint density at radius 1 is 1.29 bits per heavy atom. The first-order chi connectivity index (χ1) is 9.71. The fraction of sp³-hybridized carbons (Fsp3) is 0.400. The summed E-state index contributed by atoms with van der Waals surface area (Å²) in [5.74, 6) is -1.24. The van der Waals surface area contributed by atoms with Gasteiger partial charge in [0.2, 0.25) is 20.9 Å². The van der Waals surface area contributed by atoms with Crippen molar-refractivity contribution in [2.45, 2.75) is 6.42 Å². The van der Waals surface area contributed by atoms with Gasteiger partial charge in [-0.3, -0.25) is 14.5 Å². The predicted molar refractivity (Wildman–Crippen MR) is 77.5 cm³/mol. The highest BCUT2D eigenvalue weighted by atomic mass is 35.7. The Kier molecular flexibility index (Phi) is 4.72. The number of anilines is 1. The van der Waals surface area contributed by atoms with E-state index in [2.05, 4.69) is 9.97 Å². The molecule has 1 aromatic heterocycles. The number of hydrogen-bond donors (Lipinski definition) is 0. The zero-order valence-corrected chi connectivity index (χ0v) is 13.4. The second-order valence-corrected chi connectivity index (χ2v) is 7.95. The molecule has 1 aliphatic heterocycles. The van der Waals surface area contributed by atoms with Gasteiger partial charge in [0, 0.05) is 29.6 Å². The summed E-state index contributed by atoms with van der Waals surface area (Å²) in [4.78, 5) is 31.5. The van der Waals surface area contributed by atoms with Gasteiger partial charge < -0.3 is 0 Å². The van der Waals surface area contributed by atoms with Crippen LogP contribution in [0, 0.1) is 5.92 Å². The van der Waals surface area contributed by atoms with Crippen LogP contribution in [0.2, 0.25) is 10.3 Å². The first kappa shape index (κ1) is 16.4. The van der Waals surface area contributed by atoms with E-state index in [-0.39, 0.29) is 46.4 Å². The van der Waals surface area contributed by atoms with E-state index in [1.165, 1.54) is 4.90 Å². The highest BCUT2D eigenvalue weighted by Crippen LogP contribution is 2.28. The van der Waals surface area contributed by atoms with Crippen molar-refractivity contribution < 1.29 is 18.0 Å². The standard InChI is InChI=1S/C10H8Cl3N3O4S/c11-8-6(3-17)9(12)15-10(14-8)16-2-5(1-7(16)18)4-21(13,19)20/h3,5H,1-2,4H2. The Hall–Kier alpha value is -0.960. The fourth-order valence-corrected chi connectivity index (χ4v) is 3.78. The van der Waals surface area contributed by atoms with Crippen molar-refractivity contribution in [3.8, 4) is 0 Å². The molecule has 1 atom stereocenters. The summed E-state index contributed by atoms with van der Waals surface area (Å²) in [6, 6.07) is 0. The summed E-state index contributed by atoms with van der Waals surface area (Å²) in [6.45, 7) is 0.0812. The summed E-state index contributed by atoms with van der Waals surface area (Å²) >= 11 is 11.6. The van der Waals surface area contributed by atoms with Crippen LogP contribution in [-0.2, 0) is 13.8 Å². The van der Waals surface area contributed by atoms with Crippen LogP contribution in [0.25, 0.3) is 0 Å². The third kappa shape index (κ3) is 3.82. The molecule has 0 N–H and O–H groups in total. The number of aromatic nitrogens is 2. The number of rotatable bonds is 4. The monoisotopic (exact) mass is 371 g/mol. The van der Waals surface area contributed by atoms with Gasteiger partial charge in [-0.05, 0) is 0 Å². The van der Waals surface area contributed by atoms with Crippen molar-refractivity contribution in [2.24, 2.45) is 5.92 Å². The number of amides is 1. The molecule has 2 heterocycles. The molecule has 0 radical (unpaired) electrons. The maximum Gasteiger partial charge on any atom is 0.235 e. The van der Waals surface area contributed by atoms with Gasteiger partial charge >= 0.3 is 0 Å². The van der Waals surface area contributed by atoms with Gasteiger partial charge in [-0.15, -0.1) is 0 Å². The summed E-state index contributed by atoms with van der Waals surface area (Å²) < 4.78 is 22.1. The minimum absolute atomic E-state index is 0.0000198. The molecule has 2 rings (SSSR count). The summed E-state index contributed by atoms with van der Waals surface area (Å²) in [7, 11) is 1.47. The lowest BCUT2D eigenvalue weighted by Gasteiger charge is -2.15. The second-order valence-electron chi connectivity index (χ2n) is 4.42. The van der Waals surface area contributed by atoms with Crippen LogP contribution in [0.1, 0.15) is 16.8 Å². The van der Waals surface area contributed by atoms with Crippen molar-refractivity contribution >= 4 is 61.1 Å². The van der Waals surface area contributed by atoms with Crippen LogP contribution >= 0.6 is 33.9 Å². The average Bonchev–Trinajstić information content (AvgIpc) is 2.67. The third-order valence-electron chi connectivity index (χ3n) is 2.84. The van der Waals surface area contributed by atoms with Gasteiger partial charge in [0.05, 0.1) is 11.3 Å². The summed E-state index contributed by atoms with van der Waals surface area (Å²) in [5, 5.41) is -0.359. The average molecular weight is 373 g/mol. The van der Waals surface area contributed by atoms with E-state index in [4.69, 9.17) is 33.9 Å². The predicted octanol–water partition coefficient (Wildman–Crippen LogP) is 1.52. The van der Waals surface area contributed by atoms with Gasteiger partial charge in [-0.2, -0.15) is 9.97 Å². The molecule has 1 aliphatic rings. The number of halogens is 3. The van der Waals surface area contributed by atoms with Gasteiger partial charge in [0.1, 0.15) is 10.3 Å². The van der Waals surface area contributed by atoms with Crippen LogP contribution in [-0.4, -0.2) is 42.9 Å². The first-order valence-corrected chi connectivity index (χ1v) is 8.85. The minimum Gasteiger partial charge on any atom is -0.298 e. The van der Waals surface area contributed by atoms with Gasteiger partial charge in [-0.1, -0.05) is 23.2 Å². The Balaban J connectivity index is 2.27. The molecule has 7 nitrogen and oxygen atoms in total. The van der Waals surface area contributed by atoms with Crippen LogP contribution < -0.4 is 4.90 Å². The fourth-order valence-electron chi connectivity index (χ4n) is 1.99. The van der Waals surface area contributed by atoms with Crippen molar-refractivity contribution in [1.29, 1.82) is 0 Å². The van der Waals surface area contributed by atoms with Crippen LogP contribution in [0.3, 0.4) is 0 Å². The molecule has 1 amide bonds. The largest absolute Gasteiger partial charge is 0.298 e. The molecule has 0 aromatic carbocycles. The molecule has 0 aliphatic carbocycles. The number of carbonyl (C=O) groups excluding carboxylic acids is 2. The van der Waals surface area contributed by atoms with E-state index in [1.807, 2.05) is 0 Å². The Morgan fingerprint density at radius 2 is 1.86 bits per heavy atom. The quantitative estimate of drug-likeness (QED) is 0.451. The van der Waals surface area contributed by atoms with E-state index >= 15 is 0 Å². The molecule has 11 heteroatoms. The number of hydrogen-bond acceptors (Lipinski definition) is 6. The smallest absolute Gasteiger partial charge is 0.235 e. The topological polar surface area (TPSA) is 97.3 Å². The molecule has 1 aromatic rings. The Morgan fingerprint density at radius 3 is 2.33 bits per heavy atom. The van der Waals surface area contributed by atoms with Crippen molar-refractivity contribution in [3.05, 3.63) is 15.9 Å². The SMILES string of the molecule is O=Cc1c(Cl)nc(N2CC(CS(=O)(=O)Cl)CC2=O)nc1Cl. The lowest BCUT2D eigenvalue weighted by molar-refractivity contribution is -0.117. The minimum atomic E-state index is -3.71. The van der Waals surface area contributed by atoms with E-state index in [0.29, 0.717) is 6.29 Å². The van der Waals surface area contributed by atoms with Crippen LogP contribution in [0.15, 0.2) is 0 Å². The third-order valence-corrected chi connectivity index (χ3v) is 4.66. The summed E-state index contributed by atoms with van der Waals surface area (Å²) in [5.41, 5.74) is -0.0754. The van der Waals surface area contributed by atoms with Crippen molar-refractivity contribution in [1.82, 2.24) is 9.97 Å². The molecule has 0 bridgehead atoms. The maximum atomic E-state index is 11.9. The van der Waals surface area contributed by atoms with Gasteiger partial charge in [-0.25, -0.2) is 8.42 Å². The molecule has 1 fully saturated rings.